The van der Waals surface area contributed by atoms with E-state index in [4.69, 9.17) is 0 Å². The molecule has 126 valence electrons. The van der Waals surface area contributed by atoms with E-state index in [0.29, 0.717) is 12.4 Å². The number of carbonyl (C=O) groups is 1. The highest BCUT2D eigenvalue weighted by atomic mass is 16.2. The number of fused-ring (bicyclic) bond motifs is 1. The van der Waals surface area contributed by atoms with Crippen molar-refractivity contribution in [3.05, 3.63) is 65.5 Å². The van der Waals surface area contributed by atoms with Crippen LogP contribution < -0.4 is 5.32 Å². The molecule has 0 spiro atoms. The highest BCUT2D eigenvalue weighted by Gasteiger charge is 2.20. The smallest absolute Gasteiger partial charge is 0.320 e. The normalized spacial score (nSPS) is 13.4. The van der Waals surface area contributed by atoms with Crippen LogP contribution in [0.2, 0.25) is 0 Å². The standard InChI is InChI=1S/C19H19N5O/c1-13-20-18(23-22-13)15-7-4-8-17(11-15)21-19(25)24-10-9-14-5-2-3-6-16(14)12-24/h2-8,11H,9-10,12H2,1H3,(H,21,25)(H,20,22,23). The predicted octanol–water partition coefficient (Wildman–Crippen LogP) is 3.37. The molecular weight excluding hydrogens is 314 g/mol. The molecule has 0 bridgehead atoms. The molecule has 4 rings (SSSR count). The Morgan fingerprint density at radius 3 is 2.80 bits per heavy atom. The lowest BCUT2D eigenvalue weighted by Gasteiger charge is -2.29. The van der Waals surface area contributed by atoms with Crippen molar-refractivity contribution >= 4 is 11.7 Å². The lowest BCUT2D eigenvalue weighted by molar-refractivity contribution is 0.206. The van der Waals surface area contributed by atoms with Crippen molar-refractivity contribution < 1.29 is 4.79 Å². The first-order valence-electron chi connectivity index (χ1n) is 8.31. The fourth-order valence-electron chi connectivity index (χ4n) is 3.08. The lowest BCUT2D eigenvalue weighted by Crippen LogP contribution is -2.38. The van der Waals surface area contributed by atoms with Gasteiger partial charge >= 0.3 is 6.03 Å². The van der Waals surface area contributed by atoms with Gasteiger partial charge in [0, 0.05) is 24.3 Å². The minimum atomic E-state index is -0.0854. The summed E-state index contributed by atoms with van der Waals surface area (Å²) in [5.74, 6) is 1.39. The summed E-state index contributed by atoms with van der Waals surface area (Å²) in [5, 5.41) is 9.97. The van der Waals surface area contributed by atoms with Gasteiger partial charge < -0.3 is 10.2 Å². The van der Waals surface area contributed by atoms with E-state index < -0.39 is 0 Å². The van der Waals surface area contributed by atoms with Crippen molar-refractivity contribution in [1.29, 1.82) is 0 Å². The minimum Gasteiger partial charge on any atom is -0.320 e. The number of amides is 2. The number of aromatic nitrogens is 3. The molecule has 0 atom stereocenters. The molecule has 1 aromatic heterocycles. The quantitative estimate of drug-likeness (QED) is 0.755. The van der Waals surface area contributed by atoms with E-state index in [1.807, 2.05) is 48.2 Å². The first-order valence-corrected chi connectivity index (χ1v) is 8.31. The monoisotopic (exact) mass is 333 g/mol. The van der Waals surface area contributed by atoms with Crippen LogP contribution in [0.5, 0.6) is 0 Å². The number of urea groups is 1. The van der Waals surface area contributed by atoms with E-state index in [0.717, 1.165) is 30.0 Å². The number of H-pyrrole nitrogens is 1. The average Bonchev–Trinajstić information content (AvgIpc) is 3.08. The van der Waals surface area contributed by atoms with Crippen molar-refractivity contribution in [2.45, 2.75) is 19.9 Å². The van der Waals surface area contributed by atoms with E-state index in [1.165, 1.54) is 11.1 Å². The molecule has 0 saturated heterocycles. The van der Waals surface area contributed by atoms with Crippen LogP contribution in [0, 0.1) is 6.92 Å². The third-order valence-electron chi connectivity index (χ3n) is 4.39. The van der Waals surface area contributed by atoms with Gasteiger partial charge in [-0.05, 0) is 36.6 Å². The van der Waals surface area contributed by atoms with Crippen LogP contribution in [0.3, 0.4) is 0 Å². The Morgan fingerprint density at radius 2 is 2.00 bits per heavy atom. The van der Waals surface area contributed by atoms with Crippen molar-refractivity contribution in [3.8, 4) is 11.4 Å². The van der Waals surface area contributed by atoms with Crippen LogP contribution in [0.25, 0.3) is 11.4 Å². The van der Waals surface area contributed by atoms with Gasteiger partial charge in [-0.3, -0.25) is 5.10 Å². The van der Waals surface area contributed by atoms with Gasteiger partial charge in [-0.15, -0.1) is 0 Å². The van der Waals surface area contributed by atoms with Gasteiger partial charge in [-0.1, -0.05) is 36.4 Å². The Balaban J connectivity index is 1.48. The zero-order valence-corrected chi connectivity index (χ0v) is 14.0. The van der Waals surface area contributed by atoms with Crippen LogP contribution >= 0.6 is 0 Å². The van der Waals surface area contributed by atoms with Crippen molar-refractivity contribution in [3.63, 3.8) is 0 Å². The molecule has 25 heavy (non-hydrogen) atoms. The van der Waals surface area contributed by atoms with Gasteiger partial charge in [-0.2, -0.15) is 5.10 Å². The van der Waals surface area contributed by atoms with E-state index in [-0.39, 0.29) is 6.03 Å². The van der Waals surface area contributed by atoms with Crippen LogP contribution in [0.1, 0.15) is 17.0 Å². The van der Waals surface area contributed by atoms with Gasteiger partial charge in [0.05, 0.1) is 0 Å². The number of hydrogen-bond donors (Lipinski definition) is 2. The van der Waals surface area contributed by atoms with Crippen LogP contribution in [-0.4, -0.2) is 32.7 Å². The second-order valence-corrected chi connectivity index (χ2v) is 6.20. The van der Waals surface area contributed by atoms with Crippen LogP contribution in [0.15, 0.2) is 48.5 Å². The summed E-state index contributed by atoms with van der Waals surface area (Å²) in [7, 11) is 0. The Morgan fingerprint density at radius 1 is 1.16 bits per heavy atom. The largest absolute Gasteiger partial charge is 0.322 e. The van der Waals surface area contributed by atoms with Crippen molar-refractivity contribution in [2.75, 3.05) is 11.9 Å². The summed E-state index contributed by atoms with van der Waals surface area (Å²) in [6.45, 7) is 3.22. The van der Waals surface area contributed by atoms with E-state index in [2.05, 4.69) is 32.6 Å². The maximum absolute atomic E-state index is 12.6. The summed E-state index contributed by atoms with van der Waals surface area (Å²) in [4.78, 5) is 18.8. The number of nitrogens with one attached hydrogen (secondary N) is 2. The van der Waals surface area contributed by atoms with Gasteiger partial charge in [0.15, 0.2) is 5.82 Å². The average molecular weight is 333 g/mol. The number of nitrogens with zero attached hydrogens (tertiary/aromatic N) is 3. The molecule has 2 heterocycles. The molecule has 0 unspecified atom stereocenters. The Hall–Kier alpha value is -3.15. The zero-order valence-electron chi connectivity index (χ0n) is 14.0. The first kappa shape index (κ1) is 15.4. The Kier molecular flexibility index (Phi) is 3.93. The molecule has 6 heteroatoms. The van der Waals surface area contributed by atoms with Gasteiger partial charge in [0.1, 0.15) is 5.82 Å². The molecule has 2 aromatic carbocycles. The molecular formula is C19H19N5O. The number of hydrogen-bond acceptors (Lipinski definition) is 3. The summed E-state index contributed by atoms with van der Waals surface area (Å²) >= 11 is 0. The number of rotatable bonds is 2. The van der Waals surface area contributed by atoms with E-state index in [9.17, 15) is 4.79 Å². The molecule has 0 radical (unpaired) electrons. The van der Waals surface area contributed by atoms with Gasteiger partial charge in [0.25, 0.3) is 0 Å². The molecule has 1 aliphatic rings. The van der Waals surface area contributed by atoms with Crippen LogP contribution in [0.4, 0.5) is 10.5 Å². The van der Waals surface area contributed by atoms with Gasteiger partial charge in [0.2, 0.25) is 0 Å². The number of benzene rings is 2. The van der Waals surface area contributed by atoms with E-state index >= 15 is 0 Å². The maximum atomic E-state index is 12.6. The van der Waals surface area contributed by atoms with Crippen molar-refractivity contribution in [1.82, 2.24) is 20.1 Å². The SMILES string of the molecule is Cc1nc(-c2cccc(NC(=O)N3CCc4ccccc4C3)c2)n[nH]1. The Labute approximate surface area is 145 Å². The Bertz CT molecular complexity index is 917. The third kappa shape index (κ3) is 3.24. The molecule has 0 aliphatic carbocycles. The zero-order chi connectivity index (χ0) is 17.2. The van der Waals surface area contributed by atoms with E-state index in [1.54, 1.807) is 0 Å². The number of carbonyl (C=O) groups excluding carboxylic acids is 1. The predicted molar refractivity (Wildman–Crippen MR) is 96.1 cm³/mol. The summed E-state index contributed by atoms with van der Waals surface area (Å²) in [5.41, 5.74) is 4.15. The topological polar surface area (TPSA) is 73.9 Å². The number of aromatic amines is 1. The molecule has 2 N–H and O–H groups in total. The fraction of sp³-hybridized carbons (Fsp3) is 0.211. The highest BCUT2D eigenvalue weighted by Crippen LogP contribution is 2.22. The number of anilines is 1. The van der Waals surface area contributed by atoms with Crippen LogP contribution in [-0.2, 0) is 13.0 Å². The first-order chi connectivity index (χ1) is 12.2. The third-order valence-corrected chi connectivity index (χ3v) is 4.39. The molecule has 1 aliphatic heterocycles. The molecule has 0 fully saturated rings. The number of aryl methyl sites for hydroxylation is 1. The summed E-state index contributed by atoms with van der Waals surface area (Å²) < 4.78 is 0. The lowest BCUT2D eigenvalue weighted by atomic mass is 10.0. The maximum Gasteiger partial charge on any atom is 0.322 e. The second-order valence-electron chi connectivity index (χ2n) is 6.20. The second kappa shape index (κ2) is 6.39. The van der Waals surface area contributed by atoms with Gasteiger partial charge in [-0.25, -0.2) is 9.78 Å². The molecule has 3 aromatic rings. The molecule has 0 saturated carbocycles. The highest BCUT2D eigenvalue weighted by molar-refractivity contribution is 5.90. The summed E-state index contributed by atoms with van der Waals surface area (Å²) in [6.07, 6.45) is 0.889. The molecule has 2 amide bonds. The molecule has 6 nitrogen and oxygen atoms in total. The minimum absolute atomic E-state index is 0.0854. The fourth-order valence-corrected chi connectivity index (χ4v) is 3.08. The van der Waals surface area contributed by atoms with Crippen molar-refractivity contribution in [2.24, 2.45) is 0 Å². The summed E-state index contributed by atoms with van der Waals surface area (Å²) in [6, 6.07) is 15.8.